The first-order valence-electron chi connectivity index (χ1n) is 17.9. The van der Waals surface area contributed by atoms with E-state index < -0.39 is 78.3 Å². The Labute approximate surface area is 330 Å². The zero-order valence-corrected chi connectivity index (χ0v) is 30.6. The van der Waals surface area contributed by atoms with Gasteiger partial charge in [-0.25, -0.2) is 24.0 Å². The molecule has 5 atom stereocenters. The number of carbonyl (C=O) groups is 4. The minimum absolute atomic E-state index is 0.0288. The average Bonchev–Trinajstić information content (AvgIpc) is 3.26. The van der Waals surface area contributed by atoms with E-state index in [0.717, 1.165) is 0 Å². The fraction of sp³-hybridized carbons (Fsp3) is 0.159. The van der Waals surface area contributed by atoms with Gasteiger partial charge in [-0.05, 0) is 60.7 Å². The molecule has 1 saturated heterocycles. The molecule has 2 heterocycles. The molecule has 0 aliphatic carbocycles. The van der Waals surface area contributed by atoms with Gasteiger partial charge in [-0.2, -0.15) is 0 Å². The van der Waals surface area contributed by atoms with E-state index in [1.165, 1.54) is 73.8 Å². The molecule has 1 aromatic heterocycles. The second-order valence-corrected chi connectivity index (χ2v) is 12.8. The van der Waals surface area contributed by atoms with Crippen LogP contribution in [0.5, 0.6) is 17.2 Å². The zero-order chi connectivity index (χ0) is 40.6. The average molecular weight is 787 g/mol. The smallest absolute Gasteiger partial charge is 0.383 e. The molecule has 58 heavy (non-hydrogen) atoms. The van der Waals surface area contributed by atoms with E-state index in [1.54, 1.807) is 72.8 Å². The molecule has 1 aliphatic rings. The molecule has 0 bridgehead atoms. The number of methoxy groups -OCH3 is 1. The zero-order valence-electron chi connectivity index (χ0n) is 30.6. The summed E-state index contributed by atoms with van der Waals surface area (Å²) >= 11 is 0. The molecule has 294 valence electrons. The summed E-state index contributed by atoms with van der Waals surface area (Å²) < 4.78 is 46.8. The maximum Gasteiger partial charge on any atom is 0.383 e. The largest absolute Gasteiger partial charge is 0.504 e. The Morgan fingerprint density at radius 3 is 1.57 bits per heavy atom. The first-order chi connectivity index (χ1) is 28.2. The number of carbonyl (C=O) groups excluding carboxylic acids is 4. The third-order valence-electron chi connectivity index (χ3n) is 9.00. The maximum atomic E-state index is 13.9. The van der Waals surface area contributed by atoms with Gasteiger partial charge in [0, 0.05) is 6.07 Å². The van der Waals surface area contributed by atoms with Gasteiger partial charge >= 0.3 is 29.5 Å². The Hall–Kier alpha value is -7.45. The van der Waals surface area contributed by atoms with E-state index in [4.69, 9.17) is 37.6 Å². The van der Waals surface area contributed by atoms with Crippen LogP contribution in [0.3, 0.4) is 0 Å². The van der Waals surface area contributed by atoms with Crippen molar-refractivity contribution in [3.63, 3.8) is 0 Å². The fourth-order valence-corrected chi connectivity index (χ4v) is 6.16. The first kappa shape index (κ1) is 38.8. The highest BCUT2D eigenvalue weighted by molar-refractivity contribution is 5.92. The predicted octanol–water partition coefficient (Wildman–Crippen LogP) is 6.14. The molecule has 7 rings (SSSR count). The summed E-state index contributed by atoms with van der Waals surface area (Å²) in [7, 11) is 1.20. The van der Waals surface area contributed by atoms with E-state index >= 15 is 0 Å². The van der Waals surface area contributed by atoms with Crippen LogP contribution in [0.15, 0.2) is 149 Å². The molecule has 0 amide bonds. The van der Waals surface area contributed by atoms with Crippen LogP contribution < -0.4 is 15.1 Å². The SMILES string of the molecule is COc1c(O)c2ccc(O[C@@H]3O[C@H](COC(=O)c4ccccc4)[C@@H](OC(=O)c4ccccc4)[C@H](OC(=O)c4ccccc4)[C@H]3OC(=O)c3ccccc3)cc2oc1=O. The standard InChI is InChI=1S/C44H34O14/c1-51-36-34(45)31-23-22-30(24-32(31)54-43(36)50)53-44-38(58-42(49)29-20-12-5-13-21-29)37(57-41(48)28-18-10-4-11-19-28)35(56-40(47)27-16-8-3-9-17-27)33(55-44)25-52-39(46)26-14-6-2-7-15-26/h2-24,33,35,37-38,44-45H,25H2,1H3/t33-,35-,37+,38-,44-/m1/s1. The Morgan fingerprint density at radius 1 is 0.603 bits per heavy atom. The molecule has 14 heteroatoms. The van der Waals surface area contributed by atoms with Crippen molar-refractivity contribution in [3.05, 3.63) is 172 Å². The molecule has 0 radical (unpaired) electrons. The van der Waals surface area contributed by atoms with Gasteiger partial charge < -0.3 is 42.7 Å². The van der Waals surface area contributed by atoms with Crippen molar-refractivity contribution in [2.24, 2.45) is 0 Å². The van der Waals surface area contributed by atoms with Crippen molar-refractivity contribution < 1.29 is 61.9 Å². The lowest BCUT2D eigenvalue weighted by Crippen LogP contribution is -2.63. The van der Waals surface area contributed by atoms with Gasteiger partial charge in [-0.1, -0.05) is 72.8 Å². The summed E-state index contributed by atoms with van der Waals surface area (Å²) in [6.45, 7) is -0.570. The highest BCUT2D eigenvalue weighted by Gasteiger charge is 2.54. The summed E-state index contributed by atoms with van der Waals surface area (Å²) in [6, 6.07) is 36.0. The Bertz CT molecular complexity index is 2450. The van der Waals surface area contributed by atoms with E-state index in [1.807, 2.05) is 0 Å². The Morgan fingerprint density at radius 2 is 1.07 bits per heavy atom. The minimum Gasteiger partial charge on any atom is -0.504 e. The van der Waals surface area contributed by atoms with E-state index in [-0.39, 0.29) is 39.0 Å². The van der Waals surface area contributed by atoms with Gasteiger partial charge in [-0.3, -0.25) is 0 Å². The quantitative estimate of drug-likeness (QED) is 0.0847. The van der Waals surface area contributed by atoms with Crippen LogP contribution in [0.1, 0.15) is 41.4 Å². The van der Waals surface area contributed by atoms with Gasteiger partial charge in [0.2, 0.25) is 18.1 Å². The van der Waals surface area contributed by atoms with Crippen molar-refractivity contribution in [2.75, 3.05) is 13.7 Å². The molecule has 0 unspecified atom stereocenters. The normalized spacial score (nSPS) is 18.7. The molecule has 0 saturated carbocycles. The van der Waals surface area contributed by atoms with Crippen LogP contribution in [-0.4, -0.2) is 73.4 Å². The van der Waals surface area contributed by atoms with E-state index in [0.29, 0.717) is 0 Å². The topological polar surface area (TPSA) is 183 Å². The number of aromatic hydroxyl groups is 1. The molecular weight excluding hydrogens is 752 g/mol. The molecule has 1 fully saturated rings. The van der Waals surface area contributed by atoms with E-state index in [2.05, 4.69) is 0 Å². The Kier molecular flexibility index (Phi) is 11.8. The van der Waals surface area contributed by atoms with Crippen LogP contribution in [0, 0.1) is 0 Å². The minimum atomic E-state index is -1.68. The summed E-state index contributed by atoms with van der Waals surface area (Å²) in [5.41, 5.74) is -0.510. The second kappa shape index (κ2) is 17.6. The predicted molar refractivity (Wildman–Crippen MR) is 204 cm³/mol. The summed E-state index contributed by atoms with van der Waals surface area (Å²) in [5.74, 6) is -4.28. The molecule has 0 spiro atoms. The molecular formula is C44H34O14. The number of benzene rings is 5. The highest BCUT2D eigenvalue weighted by atomic mass is 16.7. The van der Waals surface area contributed by atoms with Crippen LogP contribution in [0.25, 0.3) is 11.0 Å². The number of rotatable bonds is 12. The molecule has 14 nitrogen and oxygen atoms in total. The van der Waals surface area contributed by atoms with Crippen molar-refractivity contribution in [1.82, 2.24) is 0 Å². The van der Waals surface area contributed by atoms with Gasteiger partial charge in [0.1, 0.15) is 24.0 Å². The number of fused-ring (bicyclic) bond motifs is 1. The van der Waals surface area contributed by atoms with Crippen molar-refractivity contribution in [1.29, 1.82) is 0 Å². The summed E-state index contributed by atoms with van der Waals surface area (Å²) in [6.07, 6.45) is -8.03. The van der Waals surface area contributed by atoms with Gasteiger partial charge in [0.15, 0.2) is 18.0 Å². The highest BCUT2D eigenvalue weighted by Crippen LogP contribution is 2.36. The van der Waals surface area contributed by atoms with Crippen LogP contribution >= 0.6 is 0 Å². The number of hydrogen-bond donors (Lipinski definition) is 1. The third-order valence-corrected chi connectivity index (χ3v) is 9.00. The number of ether oxygens (including phenoxy) is 7. The Balaban J connectivity index is 1.32. The first-order valence-corrected chi connectivity index (χ1v) is 17.9. The van der Waals surface area contributed by atoms with Gasteiger partial charge in [0.25, 0.3) is 0 Å². The third kappa shape index (κ3) is 8.67. The van der Waals surface area contributed by atoms with Gasteiger partial charge in [0.05, 0.1) is 34.7 Å². The lowest BCUT2D eigenvalue weighted by atomic mass is 9.97. The number of esters is 4. The summed E-state index contributed by atoms with van der Waals surface area (Å²) in [5, 5.41) is 10.8. The summed E-state index contributed by atoms with van der Waals surface area (Å²) in [4.78, 5) is 67.1. The van der Waals surface area contributed by atoms with E-state index in [9.17, 15) is 29.1 Å². The lowest BCUT2D eigenvalue weighted by molar-refractivity contribution is -0.275. The van der Waals surface area contributed by atoms with Crippen molar-refractivity contribution >= 4 is 34.8 Å². The van der Waals surface area contributed by atoms with Crippen LogP contribution in [0.2, 0.25) is 0 Å². The van der Waals surface area contributed by atoms with Crippen molar-refractivity contribution in [2.45, 2.75) is 30.7 Å². The van der Waals surface area contributed by atoms with Crippen LogP contribution in [0.4, 0.5) is 0 Å². The molecule has 5 aromatic carbocycles. The lowest BCUT2D eigenvalue weighted by Gasteiger charge is -2.44. The molecule has 1 N–H and O–H groups in total. The molecule has 1 aliphatic heterocycles. The second-order valence-electron chi connectivity index (χ2n) is 12.8. The van der Waals surface area contributed by atoms with Gasteiger partial charge in [-0.15, -0.1) is 0 Å². The van der Waals surface area contributed by atoms with Crippen molar-refractivity contribution in [3.8, 4) is 17.2 Å². The monoisotopic (exact) mass is 786 g/mol. The van der Waals surface area contributed by atoms with Crippen LogP contribution in [-0.2, 0) is 23.7 Å². The number of hydrogen-bond acceptors (Lipinski definition) is 14. The fourth-order valence-electron chi connectivity index (χ4n) is 6.16. The molecule has 6 aromatic rings. The maximum absolute atomic E-state index is 13.9.